The summed E-state index contributed by atoms with van der Waals surface area (Å²) < 4.78 is 22.5. The average Bonchev–Trinajstić information content (AvgIpc) is 2.63. The largest absolute Gasteiger partial charge is 0.372 e. The van der Waals surface area contributed by atoms with Crippen molar-refractivity contribution in [2.75, 3.05) is 30.5 Å². The highest BCUT2D eigenvalue weighted by Crippen LogP contribution is 2.27. The van der Waals surface area contributed by atoms with Crippen LogP contribution in [0.25, 0.3) is 0 Å². The molecule has 0 N–H and O–H groups in total. The van der Waals surface area contributed by atoms with Gasteiger partial charge in [-0.1, -0.05) is 25.1 Å². The molecule has 1 aromatic carbocycles. The molecule has 0 aromatic heterocycles. The average molecular weight is 338 g/mol. The Labute approximate surface area is 139 Å². The van der Waals surface area contributed by atoms with Crippen LogP contribution in [0, 0.1) is 0 Å². The Hall–Kier alpha value is -1.56. The molecule has 128 valence electrons. The Balaban J connectivity index is 2.14. The minimum Gasteiger partial charge on any atom is -0.372 e. The zero-order chi connectivity index (χ0) is 17.0. The van der Waals surface area contributed by atoms with Crippen LogP contribution in [-0.4, -0.2) is 50.9 Å². The van der Waals surface area contributed by atoms with Crippen LogP contribution in [-0.2, 0) is 21.2 Å². The van der Waals surface area contributed by atoms with Crippen molar-refractivity contribution in [3.8, 4) is 0 Å². The highest BCUT2D eigenvalue weighted by Gasteiger charge is 2.28. The number of sulfone groups is 1. The molecule has 0 bridgehead atoms. The quantitative estimate of drug-likeness (QED) is 0.825. The second-order valence-corrected chi connectivity index (χ2v) is 8.59. The van der Waals surface area contributed by atoms with Crippen molar-refractivity contribution >= 4 is 21.4 Å². The summed E-state index contributed by atoms with van der Waals surface area (Å²) in [6.07, 6.45) is 2.77. The van der Waals surface area contributed by atoms with Crippen molar-refractivity contribution in [2.45, 2.75) is 38.8 Å². The van der Waals surface area contributed by atoms with Gasteiger partial charge in [-0.3, -0.25) is 4.79 Å². The SMILES string of the molecule is CC[C@H]1CN(C)c2ccccc2CN1C(=O)CCCS(C)(=O)=O. The second-order valence-electron chi connectivity index (χ2n) is 6.33. The van der Waals surface area contributed by atoms with Crippen molar-refractivity contribution < 1.29 is 13.2 Å². The normalized spacial score (nSPS) is 18.5. The van der Waals surface area contributed by atoms with Gasteiger partial charge in [-0.2, -0.15) is 0 Å². The molecule has 1 aliphatic rings. The maximum absolute atomic E-state index is 12.6. The second kappa shape index (κ2) is 7.34. The van der Waals surface area contributed by atoms with Crippen LogP contribution in [0.3, 0.4) is 0 Å². The lowest BCUT2D eigenvalue weighted by Gasteiger charge is -2.30. The topological polar surface area (TPSA) is 57.7 Å². The van der Waals surface area contributed by atoms with Crippen LogP contribution < -0.4 is 4.90 Å². The maximum Gasteiger partial charge on any atom is 0.223 e. The Bertz CT molecular complexity index is 658. The molecule has 1 amide bonds. The zero-order valence-electron chi connectivity index (χ0n) is 14.2. The van der Waals surface area contributed by atoms with E-state index in [4.69, 9.17) is 0 Å². The molecule has 5 nitrogen and oxygen atoms in total. The number of fused-ring (bicyclic) bond motifs is 1. The van der Waals surface area contributed by atoms with Crippen molar-refractivity contribution in [1.29, 1.82) is 0 Å². The molecule has 6 heteroatoms. The van der Waals surface area contributed by atoms with Gasteiger partial charge in [0.2, 0.25) is 5.91 Å². The van der Waals surface area contributed by atoms with Gasteiger partial charge >= 0.3 is 0 Å². The van der Waals surface area contributed by atoms with E-state index in [1.54, 1.807) is 0 Å². The number of nitrogens with zero attached hydrogens (tertiary/aromatic N) is 2. The third-order valence-electron chi connectivity index (χ3n) is 4.37. The Morgan fingerprint density at radius 1 is 1.30 bits per heavy atom. The molecule has 23 heavy (non-hydrogen) atoms. The summed E-state index contributed by atoms with van der Waals surface area (Å²) in [6, 6.07) is 8.30. The summed E-state index contributed by atoms with van der Waals surface area (Å²) in [6.45, 7) is 3.48. The molecule has 0 aliphatic carbocycles. The van der Waals surface area contributed by atoms with Crippen molar-refractivity contribution in [1.82, 2.24) is 4.90 Å². The summed E-state index contributed by atoms with van der Waals surface area (Å²) in [5.74, 6) is 0.116. The predicted octanol–water partition coefficient (Wildman–Crippen LogP) is 2.07. The van der Waals surface area contributed by atoms with Crippen molar-refractivity contribution in [3.63, 3.8) is 0 Å². The smallest absolute Gasteiger partial charge is 0.223 e. The van der Waals surface area contributed by atoms with Gasteiger partial charge in [0.15, 0.2) is 0 Å². The standard InChI is InChI=1S/C17H26N2O3S/c1-4-15-13-18(2)16-9-6-5-8-14(16)12-19(15)17(20)10-7-11-23(3,21)22/h5-6,8-9,15H,4,7,10-13H2,1-3H3/t15-/m0/s1. The van der Waals surface area contributed by atoms with Crippen LogP contribution >= 0.6 is 0 Å². The van der Waals surface area contributed by atoms with Crippen LogP contribution in [0.2, 0.25) is 0 Å². The molecule has 0 radical (unpaired) electrons. The Kier molecular flexibility index (Phi) is 5.68. The van der Waals surface area contributed by atoms with Gasteiger partial charge in [0.05, 0.1) is 5.75 Å². The number of amides is 1. The van der Waals surface area contributed by atoms with Gasteiger partial charge in [0.1, 0.15) is 9.84 Å². The van der Waals surface area contributed by atoms with E-state index in [1.165, 1.54) is 6.26 Å². The number of benzene rings is 1. The number of rotatable bonds is 5. The van der Waals surface area contributed by atoms with E-state index in [1.807, 2.05) is 17.0 Å². The van der Waals surface area contributed by atoms with Gasteiger partial charge in [-0.05, 0) is 24.5 Å². The van der Waals surface area contributed by atoms with Crippen LogP contribution in [0.15, 0.2) is 24.3 Å². The summed E-state index contributed by atoms with van der Waals surface area (Å²) >= 11 is 0. The van der Waals surface area contributed by atoms with Crippen molar-refractivity contribution in [2.24, 2.45) is 0 Å². The highest BCUT2D eigenvalue weighted by molar-refractivity contribution is 7.90. The van der Waals surface area contributed by atoms with Gasteiger partial charge < -0.3 is 9.80 Å². The minimum absolute atomic E-state index is 0.0469. The molecule has 0 unspecified atom stereocenters. The number of anilines is 1. The first-order valence-corrected chi connectivity index (χ1v) is 10.1. The fourth-order valence-corrected chi connectivity index (χ4v) is 3.78. The summed E-state index contributed by atoms with van der Waals surface area (Å²) in [5.41, 5.74) is 2.31. The molecule has 0 fully saturated rings. The van der Waals surface area contributed by atoms with Gasteiger partial charge in [-0.15, -0.1) is 0 Å². The van der Waals surface area contributed by atoms with Gasteiger partial charge in [0.25, 0.3) is 0 Å². The summed E-state index contributed by atoms with van der Waals surface area (Å²) in [5, 5.41) is 0. The number of likely N-dealkylation sites (N-methyl/N-ethyl adjacent to an activating group) is 1. The van der Waals surface area contributed by atoms with Crippen LogP contribution in [0.1, 0.15) is 31.7 Å². The van der Waals surface area contributed by atoms with E-state index in [0.717, 1.165) is 24.2 Å². The van der Waals surface area contributed by atoms with E-state index in [9.17, 15) is 13.2 Å². The fraction of sp³-hybridized carbons (Fsp3) is 0.588. The highest BCUT2D eigenvalue weighted by atomic mass is 32.2. The number of hydrogen-bond donors (Lipinski definition) is 0. The minimum atomic E-state index is -3.01. The first kappa shape index (κ1) is 17.8. The number of carbonyl (C=O) groups excluding carboxylic acids is 1. The van der Waals surface area contributed by atoms with E-state index in [0.29, 0.717) is 13.0 Å². The first-order chi connectivity index (χ1) is 10.8. The molecular formula is C17H26N2O3S. The Morgan fingerprint density at radius 3 is 2.65 bits per heavy atom. The monoisotopic (exact) mass is 338 g/mol. The van der Waals surface area contributed by atoms with E-state index >= 15 is 0 Å². The Morgan fingerprint density at radius 2 is 2.00 bits per heavy atom. The van der Waals surface area contributed by atoms with Crippen LogP contribution in [0.5, 0.6) is 0 Å². The van der Waals surface area contributed by atoms with E-state index in [-0.39, 0.29) is 24.1 Å². The summed E-state index contributed by atoms with van der Waals surface area (Å²) in [4.78, 5) is 16.8. The van der Waals surface area contributed by atoms with Gasteiger partial charge in [-0.25, -0.2) is 8.42 Å². The first-order valence-electron chi connectivity index (χ1n) is 8.08. The number of hydrogen-bond acceptors (Lipinski definition) is 4. The fourth-order valence-electron chi connectivity index (χ4n) is 3.11. The van der Waals surface area contributed by atoms with Crippen LogP contribution in [0.4, 0.5) is 5.69 Å². The lowest BCUT2D eigenvalue weighted by atomic mass is 10.1. The molecular weight excluding hydrogens is 312 g/mol. The zero-order valence-corrected chi connectivity index (χ0v) is 15.0. The molecule has 1 aromatic rings. The third-order valence-corrected chi connectivity index (χ3v) is 5.40. The molecule has 0 spiro atoms. The molecule has 0 saturated carbocycles. The van der Waals surface area contributed by atoms with Gasteiger partial charge in [0, 0.05) is 44.5 Å². The van der Waals surface area contributed by atoms with Crippen molar-refractivity contribution in [3.05, 3.63) is 29.8 Å². The van der Waals surface area contributed by atoms with E-state index in [2.05, 4.69) is 31.0 Å². The lowest BCUT2D eigenvalue weighted by molar-refractivity contribution is -0.134. The summed E-state index contributed by atoms with van der Waals surface area (Å²) in [7, 11) is -0.959. The molecule has 0 saturated heterocycles. The molecule has 2 rings (SSSR count). The third kappa shape index (κ3) is 4.70. The number of para-hydroxylation sites is 1. The molecule has 1 heterocycles. The maximum atomic E-state index is 12.6. The molecule has 1 atom stereocenters. The van der Waals surface area contributed by atoms with E-state index < -0.39 is 9.84 Å². The molecule has 1 aliphatic heterocycles. The number of carbonyl (C=O) groups is 1. The lowest BCUT2D eigenvalue weighted by Crippen LogP contribution is -2.43. The predicted molar refractivity (Wildman–Crippen MR) is 93.3 cm³/mol.